The van der Waals surface area contributed by atoms with Crippen LogP contribution in [0.4, 0.5) is 5.13 Å². The molecule has 1 aliphatic rings. The molecule has 25 heavy (non-hydrogen) atoms. The average molecular weight is 371 g/mol. The molecule has 0 fully saturated rings. The maximum absolute atomic E-state index is 12.5. The van der Waals surface area contributed by atoms with Crippen LogP contribution in [0.1, 0.15) is 30.7 Å². The molecule has 0 bridgehead atoms. The van der Waals surface area contributed by atoms with E-state index in [9.17, 15) is 9.59 Å². The summed E-state index contributed by atoms with van der Waals surface area (Å²) in [6, 6.07) is 3.61. The normalized spacial score (nSPS) is 13.4. The van der Waals surface area contributed by atoms with Gasteiger partial charge in [-0.25, -0.2) is 9.97 Å². The Morgan fingerprint density at radius 2 is 2.20 bits per heavy atom. The van der Waals surface area contributed by atoms with Gasteiger partial charge in [0.25, 0.3) is 11.8 Å². The fourth-order valence-electron chi connectivity index (χ4n) is 2.56. The van der Waals surface area contributed by atoms with Gasteiger partial charge in [0.15, 0.2) is 5.13 Å². The van der Waals surface area contributed by atoms with Crippen molar-refractivity contribution in [2.75, 3.05) is 11.9 Å². The molecule has 126 valence electrons. The van der Waals surface area contributed by atoms with Gasteiger partial charge in [-0.2, -0.15) is 0 Å². The van der Waals surface area contributed by atoms with Gasteiger partial charge < -0.3 is 4.90 Å². The number of thiazole rings is 1. The largest absolute Gasteiger partial charge is 0.332 e. The summed E-state index contributed by atoms with van der Waals surface area (Å²) < 4.78 is 0. The van der Waals surface area contributed by atoms with Gasteiger partial charge in [0, 0.05) is 30.2 Å². The molecule has 0 aromatic carbocycles. The van der Waals surface area contributed by atoms with E-state index in [4.69, 9.17) is 0 Å². The van der Waals surface area contributed by atoms with Crippen molar-refractivity contribution in [1.29, 1.82) is 0 Å². The first-order valence-corrected chi connectivity index (χ1v) is 9.29. The Kier molecular flexibility index (Phi) is 4.24. The summed E-state index contributed by atoms with van der Waals surface area (Å²) in [6.45, 7) is 1.04. The van der Waals surface area contributed by atoms with E-state index in [1.807, 2.05) is 11.4 Å². The molecule has 7 nitrogen and oxygen atoms in total. The molecule has 0 unspecified atom stereocenters. The highest BCUT2D eigenvalue weighted by atomic mass is 32.1. The van der Waals surface area contributed by atoms with Gasteiger partial charge in [0.2, 0.25) is 0 Å². The number of fused-ring (bicyclic) bond motifs is 1. The third-order valence-electron chi connectivity index (χ3n) is 3.77. The summed E-state index contributed by atoms with van der Waals surface area (Å²) in [7, 11) is 0. The number of thiophene rings is 1. The number of nitrogens with one attached hydrogen (secondary N) is 1. The lowest BCUT2D eigenvalue weighted by Crippen LogP contribution is -2.36. The molecule has 0 saturated carbocycles. The van der Waals surface area contributed by atoms with E-state index < -0.39 is 0 Å². The third-order valence-corrected chi connectivity index (χ3v) is 5.63. The average Bonchev–Trinajstić information content (AvgIpc) is 3.30. The number of anilines is 1. The van der Waals surface area contributed by atoms with Crippen LogP contribution in [-0.2, 0) is 13.0 Å². The van der Waals surface area contributed by atoms with E-state index in [1.165, 1.54) is 41.3 Å². The number of amides is 2. The van der Waals surface area contributed by atoms with Gasteiger partial charge in [-0.3, -0.25) is 19.9 Å². The van der Waals surface area contributed by atoms with Crippen molar-refractivity contribution in [3.05, 3.63) is 57.2 Å². The Balaban J connectivity index is 1.48. The second-order valence-corrected chi connectivity index (χ2v) is 7.42. The SMILES string of the molecule is O=C(Nc1nc2c(s1)CN(C(=O)c1cnccn1)CC2)c1cccs1. The zero-order valence-electron chi connectivity index (χ0n) is 13.0. The van der Waals surface area contributed by atoms with Crippen molar-refractivity contribution in [2.24, 2.45) is 0 Å². The van der Waals surface area contributed by atoms with Crippen molar-refractivity contribution in [3.63, 3.8) is 0 Å². The highest BCUT2D eigenvalue weighted by Gasteiger charge is 2.26. The van der Waals surface area contributed by atoms with Crippen LogP contribution in [0, 0.1) is 0 Å². The molecule has 3 aromatic heterocycles. The predicted octanol–water partition coefficient (Wildman–Crippen LogP) is 2.45. The Labute approximate surface area is 151 Å². The number of carbonyl (C=O) groups is 2. The lowest BCUT2D eigenvalue weighted by atomic mass is 10.1. The topological polar surface area (TPSA) is 88.1 Å². The second-order valence-electron chi connectivity index (χ2n) is 5.39. The van der Waals surface area contributed by atoms with Crippen LogP contribution in [-0.4, -0.2) is 38.2 Å². The summed E-state index contributed by atoms with van der Waals surface area (Å²) in [5.74, 6) is -0.301. The maximum Gasteiger partial charge on any atom is 0.274 e. The number of hydrogen-bond donors (Lipinski definition) is 1. The highest BCUT2D eigenvalue weighted by molar-refractivity contribution is 7.16. The minimum absolute atomic E-state index is 0.142. The molecule has 3 aromatic rings. The van der Waals surface area contributed by atoms with Crippen LogP contribution in [0.15, 0.2) is 36.1 Å². The number of hydrogen-bond acceptors (Lipinski definition) is 7. The van der Waals surface area contributed by atoms with E-state index in [0.29, 0.717) is 35.2 Å². The lowest BCUT2D eigenvalue weighted by Gasteiger charge is -2.25. The van der Waals surface area contributed by atoms with Gasteiger partial charge in [-0.05, 0) is 11.4 Å². The Morgan fingerprint density at radius 1 is 1.28 bits per heavy atom. The van der Waals surface area contributed by atoms with Crippen molar-refractivity contribution in [2.45, 2.75) is 13.0 Å². The van der Waals surface area contributed by atoms with E-state index in [-0.39, 0.29) is 11.8 Å². The first-order valence-electron chi connectivity index (χ1n) is 7.59. The summed E-state index contributed by atoms with van der Waals surface area (Å²) in [4.78, 5) is 40.5. The number of carbonyl (C=O) groups excluding carboxylic acids is 2. The molecule has 1 N–H and O–H groups in total. The smallest absolute Gasteiger partial charge is 0.274 e. The Hall–Kier alpha value is -2.65. The summed E-state index contributed by atoms with van der Waals surface area (Å²) in [6.07, 6.45) is 5.17. The number of aromatic nitrogens is 3. The van der Waals surface area contributed by atoms with Gasteiger partial charge in [-0.15, -0.1) is 11.3 Å². The van der Waals surface area contributed by atoms with Crippen LogP contribution in [0.2, 0.25) is 0 Å². The van der Waals surface area contributed by atoms with E-state index in [1.54, 1.807) is 11.0 Å². The minimum Gasteiger partial charge on any atom is -0.332 e. The van der Waals surface area contributed by atoms with Gasteiger partial charge >= 0.3 is 0 Å². The van der Waals surface area contributed by atoms with Gasteiger partial charge in [0.1, 0.15) is 5.69 Å². The molecule has 1 aliphatic heterocycles. The Bertz CT molecular complexity index is 908. The molecule has 2 amide bonds. The predicted molar refractivity (Wildman–Crippen MR) is 94.9 cm³/mol. The summed E-state index contributed by atoms with van der Waals surface area (Å²) in [5.41, 5.74) is 1.27. The fraction of sp³-hybridized carbons (Fsp3) is 0.188. The van der Waals surface area contributed by atoms with Crippen molar-refractivity contribution >= 4 is 39.6 Å². The molecular formula is C16H13N5O2S2. The minimum atomic E-state index is -0.159. The van der Waals surface area contributed by atoms with E-state index in [2.05, 4.69) is 20.3 Å². The molecule has 4 rings (SSSR count). The second kappa shape index (κ2) is 6.69. The zero-order chi connectivity index (χ0) is 17.2. The van der Waals surface area contributed by atoms with Crippen LogP contribution in [0.25, 0.3) is 0 Å². The van der Waals surface area contributed by atoms with Crippen molar-refractivity contribution in [3.8, 4) is 0 Å². The van der Waals surface area contributed by atoms with Crippen molar-refractivity contribution < 1.29 is 9.59 Å². The molecule has 4 heterocycles. The number of nitrogens with zero attached hydrogens (tertiary/aromatic N) is 4. The first-order chi connectivity index (χ1) is 12.2. The molecule has 0 atom stereocenters. The van der Waals surface area contributed by atoms with Crippen LogP contribution < -0.4 is 5.32 Å². The lowest BCUT2D eigenvalue weighted by molar-refractivity contribution is 0.0729. The van der Waals surface area contributed by atoms with Gasteiger partial charge in [-0.1, -0.05) is 17.4 Å². The van der Waals surface area contributed by atoms with Crippen LogP contribution in [0.5, 0.6) is 0 Å². The monoisotopic (exact) mass is 371 g/mol. The molecular weight excluding hydrogens is 358 g/mol. The first kappa shape index (κ1) is 15.9. The summed E-state index contributed by atoms with van der Waals surface area (Å²) in [5, 5.41) is 5.26. The van der Waals surface area contributed by atoms with E-state index >= 15 is 0 Å². The standard InChI is InChI=1S/C16H13N5O2S2/c22-14(12-2-1-7-24-12)20-16-19-10-3-6-21(9-13(10)25-16)15(23)11-8-17-4-5-18-11/h1-2,4-5,7-8H,3,6,9H2,(H,19,20,22). The van der Waals surface area contributed by atoms with Gasteiger partial charge in [0.05, 0.1) is 23.3 Å². The maximum atomic E-state index is 12.5. The highest BCUT2D eigenvalue weighted by Crippen LogP contribution is 2.29. The molecule has 0 radical (unpaired) electrons. The van der Waals surface area contributed by atoms with E-state index in [0.717, 1.165) is 10.6 Å². The molecule has 0 saturated heterocycles. The molecule has 0 spiro atoms. The third kappa shape index (κ3) is 3.28. The van der Waals surface area contributed by atoms with Crippen LogP contribution >= 0.6 is 22.7 Å². The molecule has 0 aliphatic carbocycles. The zero-order valence-corrected chi connectivity index (χ0v) is 14.6. The number of rotatable bonds is 3. The quantitative estimate of drug-likeness (QED) is 0.764. The Morgan fingerprint density at radius 3 is 2.96 bits per heavy atom. The summed E-state index contributed by atoms with van der Waals surface area (Å²) >= 11 is 2.80. The fourth-order valence-corrected chi connectivity index (χ4v) is 4.20. The van der Waals surface area contributed by atoms with Crippen LogP contribution in [0.3, 0.4) is 0 Å². The van der Waals surface area contributed by atoms with Crippen molar-refractivity contribution in [1.82, 2.24) is 19.9 Å². The molecule has 9 heteroatoms.